The van der Waals surface area contributed by atoms with Gasteiger partial charge in [0.15, 0.2) is 6.10 Å². The third-order valence-electron chi connectivity index (χ3n) is 5.00. The van der Waals surface area contributed by atoms with Crippen molar-refractivity contribution in [3.8, 4) is 83.4 Å². The smallest absolute Gasteiger partial charge is 0.385 e. The van der Waals surface area contributed by atoms with Gasteiger partial charge in [0.05, 0.1) is 6.61 Å². The maximum atomic E-state index is 12.0. The molecule has 1 N–H and O–H groups in total. The van der Waals surface area contributed by atoms with E-state index in [1.807, 2.05) is 0 Å². The van der Waals surface area contributed by atoms with E-state index >= 15 is 0 Å². The topological polar surface area (TPSA) is 72.8 Å². The summed E-state index contributed by atoms with van der Waals surface area (Å²) in [6.45, 7) is 1.49. The molecule has 198 valence electrons. The van der Waals surface area contributed by atoms with Gasteiger partial charge in [0.25, 0.3) is 0 Å². The van der Waals surface area contributed by atoms with Gasteiger partial charge in [-0.1, -0.05) is 77.6 Å². The van der Waals surface area contributed by atoms with E-state index in [-0.39, 0.29) is 13.0 Å². The molecule has 0 spiro atoms. The Hall–Kier alpha value is -4.18. The molecule has 0 aliphatic carbocycles. The molecule has 0 heterocycles. The molecule has 5 heteroatoms. The lowest BCUT2D eigenvalue weighted by Crippen LogP contribution is -2.28. The number of aliphatic hydroxyl groups is 1. The van der Waals surface area contributed by atoms with Crippen LogP contribution in [0.25, 0.3) is 0 Å². The number of esters is 2. The van der Waals surface area contributed by atoms with Gasteiger partial charge < -0.3 is 14.6 Å². The van der Waals surface area contributed by atoms with Crippen LogP contribution in [0.5, 0.6) is 0 Å². The Morgan fingerprint density at radius 3 is 1.61 bits per heavy atom. The van der Waals surface area contributed by atoms with Crippen LogP contribution < -0.4 is 0 Å². The van der Waals surface area contributed by atoms with Gasteiger partial charge in [-0.05, 0) is 77.5 Å². The number of rotatable bonds is 17. The molecule has 0 aliphatic heterocycles. The Balaban J connectivity index is 4.01. The molecular weight excluding hydrogens is 476 g/mol. The monoisotopic (exact) mass is 512 g/mol. The summed E-state index contributed by atoms with van der Waals surface area (Å²) in [6, 6.07) is 0. The standard InChI is InChI=1S/C33H36O5/c1-3-5-7-9-11-13-15-17-19-21-23-25-27-32(35)37-30-31(29-34)38-33(36)28-26-24-22-20-18-16-14-12-10-8-6-4-2/h1,31,34H,4,6,8,10,12,14,16,18,20,22,24,26,28-30H2,2H3/t31-/m0/s1. The van der Waals surface area contributed by atoms with Gasteiger partial charge in [0, 0.05) is 12.3 Å². The average Bonchev–Trinajstić information content (AvgIpc) is 2.92. The number of hydrogen-bond acceptors (Lipinski definition) is 5. The van der Waals surface area contributed by atoms with Gasteiger partial charge in [0.1, 0.15) is 6.61 Å². The molecule has 0 aromatic heterocycles. The fourth-order valence-electron chi connectivity index (χ4n) is 3.08. The first kappa shape index (κ1) is 33.8. The first-order chi connectivity index (χ1) is 18.6. The maximum absolute atomic E-state index is 12.0. The molecule has 0 unspecified atom stereocenters. The van der Waals surface area contributed by atoms with E-state index in [9.17, 15) is 14.7 Å². The van der Waals surface area contributed by atoms with Crippen molar-refractivity contribution in [1.82, 2.24) is 0 Å². The highest BCUT2D eigenvalue weighted by Crippen LogP contribution is 2.12. The minimum absolute atomic E-state index is 0.273. The van der Waals surface area contributed by atoms with Crippen LogP contribution in [0.4, 0.5) is 0 Å². The third-order valence-corrected chi connectivity index (χ3v) is 5.00. The van der Waals surface area contributed by atoms with E-state index in [4.69, 9.17) is 15.9 Å². The Labute approximate surface area is 229 Å². The van der Waals surface area contributed by atoms with E-state index < -0.39 is 24.6 Å². The molecule has 0 saturated heterocycles. The highest BCUT2D eigenvalue weighted by atomic mass is 16.6. The van der Waals surface area contributed by atoms with E-state index in [1.54, 1.807) is 0 Å². The highest BCUT2D eigenvalue weighted by Gasteiger charge is 2.15. The van der Waals surface area contributed by atoms with Crippen molar-refractivity contribution in [3.63, 3.8) is 0 Å². The first-order valence-electron chi connectivity index (χ1n) is 13.1. The number of carbonyl (C=O) groups excluding carboxylic acids is 2. The summed E-state index contributed by atoms with van der Waals surface area (Å²) in [5.74, 6) is 29.3. The Bertz CT molecular complexity index is 1120. The normalized spacial score (nSPS) is 9.18. The van der Waals surface area contributed by atoms with Crippen LogP contribution >= 0.6 is 0 Å². The summed E-state index contributed by atoms with van der Waals surface area (Å²) in [5.41, 5.74) is 0. The number of aliphatic hydroxyl groups excluding tert-OH is 1. The number of unbranched alkanes of at least 4 members (excludes halogenated alkanes) is 11. The molecule has 0 saturated carbocycles. The first-order valence-corrected chi connectivity index (χ1v) is 13.1. The summed E-state index contributed by atoms with van der Waals surface area (Å²) in [7, 11) is 0. The van der Waals surface area contributed by atoms with Crippen molar-refractivity contribution in [2.24, 2.45) is 0 Å². The van der Waals surface area contributed by atoms with Crippen LogP contribution in [0.2, 0.25) is 0 Å². The average molecular weight is 513 g/mol. The van der Waals surface area contributed by atoms with Crippen molar-refractivity contribution < 1.29 is 24.2 Å². The third kappa shape index (κ3) is 24.9. The second kappa shape index (κ2) is 27.4. The van der Waals surface area contributed by atoms with Crippen LogP contribution in [-0.2, 0) is 19.1 Å². The molecule has 5 nitrogen and oxygen atoms in total. The van der Waals surface area contributed by atoms with Crippen LogP contribution in [-0.4, -0.2) is 36.4 Å². The summed E-state index contributed by atoms with van der Waals surface area (Å²) in [5, 5.41) is 9.37. The van der Waals surface area contributed by atoms with Crippen LogP contribution in [0.1, 0.15) is 90.4 Å². The molecule has 0 aromatic rings. The van der Waals surface area contributed by atoms with Crippen molar-refractivity contribution in [2.45, 2.75) is 96.5 Å². The maximum Gasteiger partial charge on any atom is 0.385 e. The molecule has 0 rings (SSSR count). The minimum Gasteiger partial charge on any atom is -0.456 e. The molecule has 0 fully saturated rings. The van der Waals surface area contributed by atoms with Crippen LogP contribution in [0.15, 0.2) is 0 Å². The molecule has 0 aliphatic rings. The van der Waals surface area contributed by atoms with Crippen molar-refractivity contribution >= 4 is 11.9 Å². The Morgan fingerprint density at radius 1 is 0.684 bits per heavy atom. The second-order valence-corrected chi connectivity index (χ2v) is 8.18. The summed E-state index contributed by atoms with van der Waals surface area (Å²) >= 11 is 0. The fraction of sp³-hybridized carbons (Fsp3) is 0.515. The molecule has 0 aromatic carbocycles. The van der Waals surface area contributed by atoms with Gasteiger partial charge >= 0.3 is 11.9 Å². The summed E-state index contributed by atoms with van der Waals surface area (Å²) in [4.78, 5) is 23.6. The molecule has 0 amide bonds. The Morgan fingerprint density at radius 2 is 1.13 bits per heavy atom. The summed E-state index contributed by atoms with van der Waals surface area (Å²) in [6.07, 6.45) is 18.8. The van der Waals surface area contributed by atoms with E-state index in [0.29, 0.717) is 0 Å². The lowest BCUT2D eigenvalue weighted by Gasteiger charge is -2.14. The lowest BCUT2D eigenvalue weighted by molar-refractivity contribution is -0.159. The number of ether oxygens (including phenoxy) is 2. The van der Waals surface area contributed by atoms with Gasteiger partial charge in [-0.15, -0.1) is 6.42 Å². The second-order valence-electron chi connectivity index (χ2n) is 8.18. The molecule has 0 radical (unpaired) electrons. The van der Waals surface area contributed by atoms with Crippen molar-refractivity contribution in [3.05, 3.63) is 0 Å². The predicted molar refractivity (Wildman–Crippen MR) is 149 cm³/mol. The van der Waals surface area contributed by atoms with E-state index in [1.165, 1.54) is 57.8 Å². The Kier molecular flexibility index (Phi) is 24.4. The lowest BCUT2D eigenvalue weighted by atomic mass is 10.0. The SMILES string of the molecule is C#CC#CC#CC#CC#CC#CC#CC(=O)OC[C@H](CO)OC(=O)CCCCCCCCCCCCCC. The van der Waals surface area contributed by atoms with Crippen LogP contribution in [0, 0.1) is 83.4 Å². The predicted octanol–water partition coefficient (Wildman–Crippen LogP) is 4.18. The van der Waals surface area contributed by atoms with Gasteiger partial charge in [-0.3, -0.25) is 4.79 Å². The van der Waals surface area contributed by atoms with E-state index in [2.05, 4.69) is 83.9 Å². The molecule has 1 atom stereocenters. The zero-order valence-corrected chi connectivity index (χ0v) is 22.3. The molecule has 38 heavy (non-hydrogen) atoms. The number of terminal acetylenes is 1. The van der Waals surface area contributed by atoms with E-state index in [0.717, 1.165) is 19.3 Å². The quantitative estimate of drug-likeness (QED) is 0.137. The number of hydrogen-bond donors (Lipinski definition) is 1. The van der Waals surface area contributed by atoms with Gasteiger partial charge in [-0.25, -0.2) is 4.79 Å². The van der Waals surface area contributed by atoms with Crippen molar-refractivity contribution in [2.75, 3.05) is 13.2 Å². The summed E-state index contributed by atoms with van der Waals surface area (Å²) < 4.78 is 10.1. The fourth-order valence-corrected chi connectivity index (χ4v) is 3.08. The zero-order valence-electron chi connectivity index (χ0n) is 22.3. The van der Waals surface area contributed by atoms with Gasteiger partial charge in [-0.2, -0.15) is 0 Å². The molecule has 0 bridgehead atoms. The van der Waals surface area contributed by atoms with Gasteiger partial charge in [0.2, 0.25) is 0 Å². The minimum atomic E-state index is -0.929. The zero-order chi connectivity index (χ0) is 27.9. The van der Waals surface area contributed by atoms with Crippen molar-refractivity contribution in [1.29, 1.82) is 0 Å². The highest BCUT2D eigenvalue weighted by molar-refractivity contribution is 5.89. The van der Waals surface area contributed by atoms with Crippen LogP contribution in [0.3, 0.4) is 0 Å². The number of carbonyl (C=O) groups is 2. The largest absolute Gasteiger partial charge is 0.456 e. The molecular formula is C33H36O5.